The zero-order valence-corrected chi connectivity index (χ0v) is 27.5. The number of fused-ring (bicyclic) bond motifs is 1. The van der Waals surface area contributed by atoms with E-state index in [2.05, 4.69) is 36.9 Å². The molecule has 1 aromatic heterocycles. The number of hydrogen-bond donors (Lipinski definition) is 3. The Morgan fingerprint density at radius 3 is 2.38 bits per heavy atom. The highest BCUT2D eigenvalue weighted by Gasteiger charge is 2.44. The molecule has 4 aliphatic rings. The van der Waals surface area contributed by atoms with Crippen LogP contribution in [0.3, 0.4) is 0 Å². The number of piperazine rings is 1. The molecule has 0 spiro atoms. The van der Waals surface area contributed by atoms with Crippen LogP contribution in [-0.2, 0) is 16.1 Å². The molecule has 5 N–H and O–H groups in total. The molecule has 48 heavy (non-hydrogen) atoms. The van der Waals surface area contributed by atoms with Gasteiger partial charge in [-0.15, -0.1) is 0 Å². The SMILES string of the molecule is CC1(N)CCN(c2cnc(-c3cccc(N4CCN(Cc5ccc6c(c5)C(=O)N(C5CCC(=O)NC5=O)C6=O)CC4)c3Cl)c(N)n2)CC1. The van der Waals surface area contributed by atoms with Crippen LogP contribution in [0.1, 0.15) is 58.9 Å². The van der Waals surface area contributed by atoms with E-state index in [0.29, 0.717) is 23.1 Å². The Kier molecular flexibility index (Phi) is 8.30. The monoisotopic (exact) mass is 671 g/mol. The maximum Gasteiger partial charge on any atom is 0.262 e. The van der Waals surface area contributed by atoms with Crippen molar-refractivity contribution in [3.8, 4) is 11.3 Å². The van der Waals surface area contributed by atoms with E-state index in [1.165, 1.54) is 0 Å². The van der Waals surface area contributed by atoms with E-state index >= 15 is 0 Å². The van der Waals surface area contributed by atoms with Gasteiger partial charge >= 0.3 is 0 Å². The second kappa shape index (κ2) is 12.5. The van der Waals surface area contributed by atoms with Gasteiger partial charge in [0.05, 0.1) is 28.0 Å². The summed E-state index contributed by atoms with van der Waals surface area (Å²) in [5.74, 6) is -0.964. The van der Waals surface area contributed by atoms with Crippen LogP contribution in [0.25, 0.3) is 11.3 Å². The van der Waals surface area contributed by atoms with Crippen LogP contribution in [0.4, 0.5) is 17.3 Å². The molecule has 4 aliphatic heterocycles. The number of carbonyl (C=O) groups is 4. The number of halogens is 1. The third-order valence-corrected chi connectivity index (χ3v) is 10.3. The van der Waals surface area contributed by atoms with Crippen LogP contribution in [0.15, 0.2) is 42.6 Å². The maximum absolute atomic E-state index is 13.3. The first-order valence-corrected chi connectivity index (χ1v) is 16.6. The largest absolute Gasteiger partial charge is 0.382 e. The first-order valence-electron chi connectivity index (χ1n) is 16.3. The summed E-state index contributed by atoms with van der Waals surface area (Å²) >= 11 is 6.99. The number of imide groups is 2. The van der Waals surface area contributed by atoms with Gasteiger partial charge in [-0.3, -0.25) is 34.3 Å². The average molecular weight is 672 g/mol. The Labute approximate surface area is 283 Å². The molecule has 5 heterocycles. The lowest BCUT2D eigenvalue weighted by Gasteiger charge is -2.37. The van der Waals surface area contributed by atoms with E-state index < -0.39 is 29.7 Å². The summed E-state index contributed by atoms with van der Waals surface area (Å²) in [7, 11) is 0. The molecule has 14 heteroatoms. The molecule has 2 aromatic carbocycles. The first kappa shape index (κ1) is 32.0. The van der Waals surface area contributed by atoms with Crippen molar-refractivity contribution in [2.24, 2.45) is 5.73 Å². The summed E-state index contributed by atoms with van der Waals surface area (Å²) in [6.07, 6.45) is 3.70. The van der Waals surface area contributed by atoms with Crippen molar-refractivity contribution in [2.45, 2.75) is 50.7 Å². The van der Waals surface area contributed by atoms with Gasteiger partial charge < -0.3 is 21.3 Å². The number of nitrogens with one attached hydrogen (secondary N) is 1. The number of anilines is 3. The van der Waals surface area contributed by atoms with Gasteiger partial charge in [0.15, 0.2) is 5.82 Å². The summed E-state index contributed by atoms with van der Waals surface area (Å²) < 4.78 is 0. The molecular weight excluding hydrogens is 634 g/mol. The van der Waals surface area contributed by atoms with Gasteiger partial charge in [0.1, 0.15) is 17.6 Å². The molecule has 250 valence electrons. The Balaban J connectivity index is 0.997. The van der Waals surface area contributed by atoms with Crippen molar-refractivity contribution in [3.05, 3.63) is 64.3 Å². The van der Waals surface area contributed by atoms with Gasteiger partial charge in [0, 0.05) is 63.3 Å². The summed E-state index contributed by atoms with van der Waals surface area (Å²) in [5, 5.41) is 2.80. The topological polar surface area (TPSA) is 171 Å². The van der Waals surface area contributed by atoms with Crippen molar-refractivity contribution in [2.75, 3.05) is 54.8 Å². The third-order valence-electron chi connectivity index (χ3n) is 9.87. The second-order valence-corrected chi connectivity index (χ2v) is 13.7. The number of benzene rings is 2. The average Bonchev–Trinajstić information content (AvgIpc) is 3.30. The summed E-state index contributed by atoms with van der Waals surface area (Å²) in [6, 6.07) is 10.1. The van der Waals surface area contributed by atoms with Crippen LogP contribution < -0.4 is 26.6 Å². The molecule has 7 rings (SSSR count). The smallest absolute Gasteiger partial charge is 0.262 e. The lowest BCUT2D eigenvalue weighted by molar-refractivity contribution is -0.136. The number of amides is 4. The number of nitrogen functional groups attached to an aromatic ring is 1. The lowest BCUT2D eigenvalue weighted by Crippen LogP contribution is -2.54. The van der Waals surface area contributed by atoms with Crippen molar-refractivity contribution in [1.29, 1.82) is 0 Å². The predicted octanol–water partition coefficient (Wildman–Crippen LogP) is 2.42. The Morgan fingerprint density at radius 1 is 0.938 bits per heavy atom. The predicted molar refractivity (Wildman–Crippen MR) is 182 cm³/mol. The van der Waals surface area contributed by atoms with Crippen LogP contribution in [-0.4, -0.2) is 94.2 Å². The maximum atomic E-state index is 13.3. The lowest BCUT2D eigenvalue weighted by atomic mass is 9.91. The molecule has 0 radical (unpaired) electrons. The normalized spacial score (nSPS) is 21.5. The number of nitrogens with zero attached hydrogens (tertiary/aromatic N) is 6. The van der Waals surface area contributed by atoms with Gasteiger partial charge in [0.2, 0.25) is 11.8 Å². The van der Waals surface area contributed by atoms with E-state index in [4.69, 9.17) is 23.1 Å². The van der Waals surface area contributed by atoms with E-state index in [1.807, 2.05) is 24.3 Å². The van der Waals surface area contributed by atoms with Crippen LogP contribution >= 0.6 is 11.6 Å². The summed E-state index contributed by atoms with van der Waals surface area (Å²) in [6.45, 7) is 7.22. The summed E-state index contributed by atoms with van der Waals surface area (Å²) in [5.41, 5.74) is 16.2. The minimum atomic E-state index is -0.983. The zero-order chi connectivity index (χ0) is 33.7. The molecule has 13 nitrogen and oxygen atoms in total. The highest BCUT2D eigenvalue weighted by atomic mass is 35.5. The van der Waals surface area contributed by atoms with Crippen LogP contribution in [0, 0.1) is 0 Å². The summed E-state index contributed by atoms with van der Waals surface area (Å²) in [4.78, 5) is 67.3. The molecule has 3 fully saturated rings. The van der Waals surface area contributed by atoms with E-state index in [9.17, 15) is 19.2 Å². The number of nitrogens with two attached hydrogens (primary N) is 2. The van der Waals surface area contributed by atoms with Gasteiger partial charge in [-0.25, -0.2) is 9.97 Å². The molecule has 1 unspecified atom stereocenters. The number of rotatable bonds is 6. The molecule has 4 amide bonds. The van der Waals surface area contributed by atoms with Gasteiger partial charge in [0.25, 0.3) is 11.8 Å². The van der Waals surface area contributed by atoms with E-state index in [-0.39, 0.29) is 29.5 Å². The highest BCUT2D eigenvalue weighted by molar-refractivity contribution is 6.36. The third kappa shape index (κ3) is 5.97. The van der Waals surface area contributed by atoms with Crippen molar-refractivity contribution in [1.82, 2.24) is 25.1 Å². The quantitative estimate of drug-likeness (QED) is 0.329. The van der Waals surface area contributed by atoms with Crippen molar-refractivity contribution in [3.63, 3.8) is 0 Å². The van der Waals surface area contributed by atoms with Crippen LogP contribution in [0.2, 0.25) is 5.02 Å². The van der Waals surface area contributed by atoms with Crippen LogP contribution in [0.5, 0.6) is 0 Å². The van der Waals surface area contributed by atoms with Crippen molar-refractivity contribution < 1.29 is 19.2 Å². The highest BCUT2D eigenvalue weighted by Crippen LogP contribution is 2.38. The number of aromatic nitrogens is 2. The fraction of sp³-hybridized carbons (Fsp3) is 0.412. The minimum absolute atomic E-state index is 0.0836. The standard InChI is InChI=1S/C34H38ClN9O4/c1-34(37)9-11-43(12-10-34)26-18-38-29(30(36)39-26)22-3-2-4-24(28(22)35)42-15-13-41(14-16-42)19-20-5-6-21-23(17-20)33(48)44(32(21)47)25-7-8-27(45)40-31(25)46/h2-6,17-18,25H,7-16,19,37H2,1H3,(H2,36,39)(H,40,45,46). The fourth-order valence-electron chi connectivity index (χ4n) is 6.97. The molecule has 3 aromatic rings. The molecule has 3 saturated heterocycles. The van der Waals surface area contributed by atoms with Gasteiger partial charge in [-0.1, -0.05) is 29.8 Å². The second-order valence-electron chi connectivity index (χ2n) is 13.3. The fourth-order valence-corrected chi connectivity index (χ4v) is 7.30. The Bertz CT molecular complexity index is 1810. The zero-order valence-electron chi connectivity index (χ0n) is 26.7. The molecule has 0 saturated carbocycles. The molecule has 1 atom stereocenters. The minimum Gasteiger partial charge on any atom is -0.382 e. The Hall–Kier alpha value is -4.59. The van der Waals surface area contributed by atoms with Crippen molar-refractivity contribution >= 4 is 52.6 Å². The first-order chi connectivity index (χ1) is 23.0. The molecule has 0 aliphatic carbocycles. The van der Waals surface area contributed by atoms with Gasteiger partial charge in [-0.2, -0.15) is 0 Å². The Morgan fingerprint density at radius 2 is 1.67 bits per heavy atom. The number of hydrogen-bond acceptors (Lipinski definition) is 11. The van der Waals surface area contributed by atoms with E-state index in [1.54, 1.807) is 18.3 Å². The van der Waals surface area contributed by atoms with E-state index in [0.717, 1.165) is 79.6 Å². The number of piperidine rings is 2. The molecule has 0 bridgehead atoms. The number of carbonyl (C=O) groups excluding carboxylic acids is 4. The molecular formula is C34H38ClN9O4. The van der Waals surface area contributed by atoms with Gasteiger partial charge in [-0.05, 0) is 49.9 Å².